The van der Waals surface area contributed by atoms with Crippen molar-refractivity contribution in [1.82, 2.24) is 15.3 Å². The number of morpholine rings is 1. The van der Waals surface area contributed by atoms with Crippen LogP contribution in [-0.2, 0) is 19.1 Å². The fraction of sp³-hybridized carbons (Fsp3) is 0.421. The molecule has 0 saturated carbocycles. The summed E-state index contributed by atoms with van der Waals surface area (Å²) < 4.78 is 23.4. The van der Waals surface area contributed by atoms with E-state index < -0.39 is 23.2 Å². The van der Waals surface area contributed by atoms with Crippen molar-refractivity contribution in [3.8, 4) is 0 Å². The quantitative estimate of drug-likeness (QED) is 0.729. The molecule has 1 unspecified atom stereocenters. The molecule has 30 heavy (non-hydrogen) atoms. The number of hydrogen-bond donors (Lipinski definition) is 1. The van der Waals surface area contributed by atoms with Gasteiger partial charge in [0.25, 0.3) is 11.8 Å². The van der Waals surface area contributed by atoms with Gasteiger partial charge in [-0.1, -0.05) is 0 Å². The van der Waals surface area contributed by atoms with E-state index in [0.717, 1.165) is 17.0 Å². The molecule has 3 aliphatic rings. The van der Waals surface area contributed by atoms with Gasteiger partial charge in [0.05, 0.1) is 31.1 Å². The Labute approximate surface area is 175 Å². The summed E-state index contributed by atoms with van der Waals surface area (Å²) in [5, 5.41) is 3.51. The van der Waals surface area contributed by atoms with Crippen LogP contribution in [0.5, 0.6) is 0 Å². The number of thiophene rings is 1. The van der Waals surface area contributed by atoms with E-state index in [9.17, 15) is 18.8 Å². The third-order valence-electron chi connectivity index (χ3n) is 4.77. The Morgan fingerprint density at radius 2 is 2.17 bits per heavy atom. The van der Waals surface area contributed by atoms with Crippen LogP contribution in [-0.4, -0.2) is 66.8 Å². The molecule has 1 aromatic heterocycles. The molecule has 3 amide bonds. The number of nitrogens with one attached hydrogen (secondary N) is 1. The lowest BCUT2D eigenvalue weighted by Gasteiger charge is -2.28. The van der Waals surface area contributed by atoms with Gasteiger partial charge in [0.1, 0.15) is 18.5 Å². The molecule has 1 N–H and O–H groups in total. The van der Waals surface area contributed by atoms with Crippen molar-refractivity contribution in [2.75, 3.05) is 32.8 Å². The van der Waals surface area contributed by atoms with Crippen LogP contribution in [0.15, 0.2) is 35.7 Å². The zero-order chi connectivity index (χ0) is 21.1. The number of carbonyl (C=O) groups excluding carboxylic acids is 3. The third-order valence-corrected chi connectivity index (χ3v) is 5.64. The second kappa shape index (κ2) is 8.84. The van der Waals surface area contributed by atoms with E-state index in [0.29, 0.717) is 38.3 Å². The standard InChI is InChI=1S/C19H20FN3O6S/c20-16-6-5-15(30-16)18(25)21-9-14-10-22(19(26)28-14)12-1-3-13(4-2-12)29-23-7-8-27-11-17(23)24/h1,3,5-6,14H,2,4,7-11H2,(H,21,25). The first-order valence-electron chi connectivity index (χ1n) is 9.47. The molecular formula is C19H20FN3O6S. The van der Waals surface area contributed by atoms with Gasteiger partial charge in [-0.2, -0.15) is 9.45 Å². The number of carbonyl (C=O) groups is 3. The number of halogens is 1. The van der Waals surface area contributed by atoms with E-state index in [1.165, 1.54) is 22.1 Å². The van der Waals surface area contributed by atoms with Crippen molar-refractivity contribution in [1.29, 1.82) is 0 Å². The summed E-state index contributed by atoms with van der Waals surface area (Å²) in [5.74, 6) is 0.00134. The highest BCUT2D eigenvalue weighted by atomic mass is 32.1. The smallest absolute Gasteiger partial charge is 0.414 e. The molecule has 2 saturated heterocycles. The second-order valence-corrected chi connectivity index (χ2v) is 7.89. The number of amides is 3. The Kier molecular flexibility index (Phi) is 6.00. The summed E-state index contributed by atoms with van der Waals surface area (Å²) in [7, 11) is 0. The van der Waals surface area contributed by atoms with Gasteiger partial charge in [-0.05, 0) is 30.7 Å². The first-order valence-corrected chi connectivity index (χ1v) is 10.3. The van der Waals surface area contributed by atoms with Crippen molar-refractivity contribution in [3.63, 3.8) is 0 Å². The zero-order valence-electron chi connectivity index (χ0n) is 16.0. The Morgan fingerprint density at radius 3 is 2.87 bits per heavy atom. The lowest BCUT2D eigenvalue weighted by atomic mass is 10.1. The first-order chi connectivity index (χ1) is 14.5. The minimum atomic E-state index is -0.500. The monoisotopic (exact) mass is 437 g/mol. The molecule has 0 spiro atoms. The normalized spacial score (nSPS) is 21.8. The lowest BCUT2D eigenvalue weighted by molar-refractivity contribution is -0.192. The van der Waals surface area contributed by atoms with Gasteiger partial charge < -0.3 is 19.6 Å². The maximum Gasteiger partial charge on any atom is 0.414 e. The summed E-state index contributed by atoms with van der Waals surface area (Å²) in [6.07, 6.45) is 3.59. The van der Waals surface area contributed by atoms with E-state index in [4.69, 9.17) is 14.3 Å². The maximum atomic E-state index is 13.0. The van der Waals surface area contributed by atoms with Crippen LogP contribution in [0, 0.1) is 5.13 Å². The summed E-state index contributed by atoms with van der Waals surface area (Å²) in [4.78, 5) is 43.4. The maximum absolute atomic E-state index is 13.0. The van der Waals surface area contributed by atoms with Crippen LogP contribution in [0.25, 0.3) is 0 Å². The van der Waals surface area contributed by atoms with E-state index >= 15 is 0 Å². The molecule has 0 bridgehead atoms. The molecule has 0 aromatic carbocycles. The van der Waals surface area contributed by atoms with Crippen molar-refractivity contribution < 1.29 is 33.1 Å². The van der Waals surface area contributed by atoms with Crippen molar-refractivity contribution in [3.05, 3.63) is 45.7 Å². The molecule has 2 aliphatic heterocycles. The van der Waals surface area contributed by atoms with Crippen molar-refractivity contribution in [2.45, 2.75) is 18.9 Å². The molecule has 1 aliphatic carbocycles. The van der Waals surface area contributed by atoms with Gasteiger partial charge in [0.15, 0.2) is 5.13 Å². The minimum Gasteiger partial charge on any atom is -0.442 e. The predicted octanol–water partition coefficient (Wildman–Crippen LogP) is 1.79. The van der Waals surface area contributed by atoms with E-state index in [-0.39, 0.29) is 23.9 Å². The Hall–Kier alpha value is -2.92. The van der Waals surface area contributed by atoms with Gasteiger partial charge in [0.2, 0.25) is 0 Å². The van der Waals surface area contributed by atoms with Gasteiger partial charge in [0, 0.05) is 12.1 Å². The average Bonchev–Trinajstić information content (AvgIpc) is 3.34. The van der Waals surface area contributed by atoms with Crippen LogP contribution < -0.4 is 5.32 Å². The number of hydrogen-bond acceptors (Lipinski definition) is 7. The highest BCUT2D eigenvalue weighted by Crippen LogP contribution is 2.27. The van der Waals surface area contributed by atoms with Gasteiger partial charge >= 0.3 is 6.09 Å². The number of rotatable bonds is 6. The van der Waals surface area contributed by atoms with Crippen LogP contribution in [0.4, 0.5) is 9.18 Å². The minimum absolute atomic E-state index is 0.00728. The Bertz CT molecular complexity index is 914. The van der Waals surface area contributed by atoms with Crippen LogP contribution in [0.1, 0.15) is 22.5 Å². The molecule has 1 aromatic rings. The SMILES string of the molecule is O=C(NCC1CN(C2=CC=C(ON3CCOCC3=O)CC2)C(=O)O1)c1ccc(F)s1. The van der Waals surface area contributed by atoms with Crippen molar-refractivity contribution in [2.24, 2.45) is 0 Å². The van der Waals surface area contributed by atoms with E-state index in [1.807, 2.05) is 0 Å². The lowest BCUT2D eigenvalue weighted by Crippen LogP contribution is -2.41. The molecule has 4 rings (SSSR count). The molecule has 3 heterocycles. The highest BCUT2D eigenvalue weighted by molar-refractivity contribution is 7.12. The Balaban J connectivity index is 1.29. The fourth-order valence-corrected chi connectivity index (χ4v) is 3.89. The molecule has 2 fully saturated rings. The number of cyclic esters (lactones) is 1. The van der Waals surface area contributed by atoms with E-state index in [1.54, 1.807) is 12.2 Å². The molecule has 11 heteroatoms. The number of allylic oxidation sites excluding steroid dienone is 4. The van der Waals surface area contributed by atoms with Gasteiger partial charge in [-0.3, -0.25) is 14.5 Å². The number of nitrogens with zero attached hydrogens (tertiary/aromatic N) is 2. The third kappa shape index (κ3) is 4.62. The summed E-state index contributed by atoms with van der Waals surface area (Å²) in [6, 6.07) is 2.64. The molecule has 1 atom stereocenters. The second-order valence-electron chi connectivity index (χ2n) is 6.86. The van der Waals surface area contributed by atoms with Gasteiger partial charge in [-0.15, -0.1) is 11.3 Å². The van der Waals surface area contributed by atoms with Crippen molar-refractivity contribution >= 4 is 29.2 Å². The summed E-state index contributed by atoms with van der Waals surface area (Å²) in [5.41, 5.74) is 0.773. The molecule has 0 radical (unpaired) electrons. The topological polar surface area (TPSA) is 97.4 Å². The number of ether oxygens (including phenoxy) is 2. The first kappa shape index (κ1) is 20.4. The molecule has 160 valence electrons. The number of hydroxylamine groups is 2. The molecule has 9 nitrogen and oxygen atoms in total. The van der Waals surface area contributed by atoms with Gasteiger partial charge in [-0.25, -0.2) is 4.79 Å². The molecular weight excluding hydrogens is 417 g/mol. The predicted molar refractivity (Wildman–Crippen MR) is 103 cm³/mol. The van der Waals surface area contributed by atoms with Crippen LogP contribution in [0.2, 0.25) is 0 Å². The Morgan fingerprint density at radius 1 is 1.30 bits per heavy atom. The van der Waals surface area contributed by atoms with Crippen LogP contribution in [0.3, 0.4) is 0 Å². The largest absolute Gasteiger partial charge is 0.442 e. The van der Waals surface area contributed by atoms with Crippen LogP contribution >= 0.6 is 11.3 Å². The summed E-state index contributed by atoms with van der Waals surface area (Å²) in [6.45, 7) is 1.25. The average molecular weight is 437 g/mol. The zero-order valence-corrected chi connectivity index (χ0v) is 16.8. The summed E-state index contributed by atoms with van der Waals surface area (Å²) >= 11 is 0.759. The fourth-order valence-electron chi connectivity index (χ4n) is 3.24. The highest BCUT2D eigenvalue weighted by Gasteiger charge is 2.34. The van der Waals surface area contributed by atoms with E-state index in [2.05, 4.69) is 5.32 Å².